The number of aromatic nitrogens is 2. The lowest BCUT2D eigenvalue weighted by molar-refractivity contribution is 0.413. The summed E-state index contributed by atoms with van der Waals surface area (Å²) in [6, 6.07) is 4.18. The maximum Gasteiger partial charge on any atom is 0.151 e. The summed E-state index contributed by atoms with van der Waals surface area (Å²) in [6.45, 7) is 4.70. The second-order valence-electron chi connectivity index (χ2n) is 4.20. The van der Waals surface area contributed by atoms with Crippen LogP contribution in [0.4, 0.5) is 0 Å². The lowest BCUT2D eigenvalue weighted by Crippen LogP contribution is -2.01. The standard InChI is InChI=1S/C13H17N3OS/c1-8-6-9(2)12(17-3)10(7-8)13-16-15-11(18-13)4-5-14/h6-7H,4-5,14H2,1-3H3. The highest BCUT2D eigenvalue weighted by Crippen LogP contribution is 2.35. The molecule has 0 amide bonds. The molecule has 18 heavy (non-hydrogen) atoms. The molecule has 1 aromatic carbocycles. The first-order chi connectivity index (χ1) is 8.65. The van der Waals surface area contributed by atoms with Crippen LogP contribution in [0.25, 0.3) is 10.6 Å². The molecule has 0 spiro atoms. The van der Waals surface area contributed by atoms with Crippen LogP contribution in [-0.4, -0.2) is 23.9 Å². The third kappa shape index (κ3) is 2.52. The van der Waals surface area contributed by atoms with E-state index in [1.807, 2.05) is 6.92 Å². The second-order valence-corrected chi connectivity index (χ2v) is 5.26. The van der Waals surface area contributed by atoms with Crippen LogP contribution < -0.4 is 10.5 Å². The van der Waals surface area contributed by atoms with E-state index in [2.05, 4.69) is 29.3 Å². The van der Waals surface area contributed by atoms with Crippen molar-refractivity contribution in [2.24, 2.45) is 5.73 Å². The van der Waals surface area contributed by atoms with Gasteiger partial charge in [0.2, 0.25) is 0 Å². The molecule has 2 N–H and O–H groups in total. The van der Waals surface area contributed by atoms with Crippen LogP contribution in [0.2, 0.25) is 0 Å². The van der Waals surface area contributed by atoms with E-state index in [4.69, 9.17) is 10.5 Å². The zero-order valence-electron chi connectivity index (χ0n) is 10.9. The molecule has 0 atom stereocenters. The predicted molar refractivity (Wildman–Crippen MR) is 74.1 cm³/mol. The Hall–Kier alpha value is -1.46. The predicted octanol–water partition coefficient (Wildman–Crippen LogP) is 2.33. The number of nitrogens with two attached hydrogens (primary N) is 1. The summed E-state index contributed by atoms with van der Waals surface area (Å²) >= 11 is 1.58. The fourth-order valence-electron chi connectivity index (χ4n) is 1.97. The molecule has 0 saturated heterocycles. The Labute approximate surface area is 111 Å². The van der Waals surface area contributed by atoms with Gasteiger partial charge in [0.15, 0.2) is 5.01 Å². The smallest absolute Gasteiger partial charge is 0.151 e. The Morgan fingerprint density at radius 1 is 1.28 bits per heavy atom. The molecule has 0 aliphatic heterocycles. The van der Waals surface area contributed by atoms with Crippen LogP contribution in [-0.2, 0) is 6.42 Å². The molecular weight excluding hydrogens is 246 g/mol. The monoisotopic (exact) mass is 263 g/mol. The molecule has 96 valence electrons. The minimum Gasteiger partial charge on any atom is -0.496 e. The first kappa shape index (κ1) is 13.0. The van der Waals surface area contributed by atoms with Gasteiger partial charge in [0.25, 0.3) is 0 Å². The van der Waals surface area contributed by atoms with E-state index < -0.39 is 0 Å². The fourth-order valence-corrected chi connectivity index (χ4v) is 2.84. The zero-order chi connectivity index (χ0) is 13.1. The molecule has 0 radical (unpaired) electrons. The molecule has 0 bridgehead atoms. The minimum atomic E-state index is 0.596. The van der Waals surface area contributed by atoms with E-state index in [0.717, 1.165) is 33.3 Å². The average molecular weight is 263 g/mol. The van der Waals surface area contributed by atoms with Crippen molar-refractivity contribution in [3.8, 4) is 16.3 Å². The number of ether oxygens (including phenoxy) is 1. The summed E-state index contributed by atoms with van der Waals surface area (Å²) in [5.74, 6) is 0.871. The first-order valence-electron chi connectivity index (χ1n) is 5.83. The van der Waals surface area contributed by atoms with Gasteiger partial charge >= 0.3 is 0 Å². The van der Waals surface area contributed by atoms with Crippen molar-refractivity contribution in [2.45, 2.75) is 20.3 Å². The van der Waals surface area contributed by atoms with Crippen molar-refractivity contribution >= 4 is 11.3 Å². The zero-order valence-corrected chi connectivity index (χ0v) is 11.7. The van der Waals surface area contributed by atoms with Crippen LogP contribution in [0.5, 0.6) is 5.75 Å². The lowest BCUT2D eigenvalue weighted by atomic mass is 10.1. The minimum absolute atomic E-state index is 0.596. The summed E-state index contributed by atoms with van der Waals surface area (Å²) < 4.78 is 5.47. The van der Waals surface area contributed by atoms with E-state index in [-0.39, 0.29) is 0 Å². The van der Waals surface area contributed by atoms with Gasteiger partial charge in [-0.15, -0.1) is 10.2 Å². The van der Waals surface area contributed by atoms with E-state index in [1.54, 1.807) is 18.4 Å². The Morgan fingerprint density at radius 3 is 2.72 bits per heavy atom. The van der Waals surface area contributed by atoms with Crippen LogP contribution in [0.3, 0.4) is 0 Å². The van der Waals surface area contributed by atoms with Gasteiger partial charge < -0.3 is 10.5 Å². The molecule has 2 aromatic rings. The third-order valence-electron chi connectivity index (χ3n) is 2.68. The van der Waals surface area contributed by atoms with Crippen molar-refractivity contribution < 1.29 is 4.74 Å². The first-order valence-corrected chi connectivity index (χ1v) is 6.65. The Morgan fingerprint density at radius 2 is 2.06 bits per heavy atom. The number of aryl methyl sites for hydroxylation is 2. The molecule has 4 nitrogen and oxygen atoms in total. The van der Waals surface area contributed by atoms with Crippen LogP contribution >= 0.6 is 11.3 Å². The highest BCUT2D eigenvalue weighted by Gasteiger charge is 2.14. The van der Waals surface area contributed by atoms with Gasteiger partial charge in [-0.1, -0.05) is 17.4 Å². The average Bonchev–Trinajstić information content (AvgIpc) is 2.77. The maximum atomic E-state index is 5.53. The summed E-state index contributed by atoms with van der Waals surface area (Å²) in [6.07, 6.45) is 0.769. The van der Waals surface area contributed by atoms with Crippen LogP contribution in [0, 0.1) is 13.8 Å². The largest absolute Gasteiger partial charge is 0.496 e. The molecular formula is C13H17N3OS. The number of hydrogen-bond acceptors (Lipinski definition) is 5. The van der Waals surface area contributed by atoms with E-state index in [1.165, 1.54) is 5.56 Å². The van der Waals surface area contributed by atoms with Gasteiger partial charge in [-0.25, -0.2) is 0 Å². The van der Waals surface area contributed by atoms with Crippen molar-refractivity contribution in [3.05, 3.63) is 28.3 Å². The van der Waals surface area contributed by atoms with Gasteiger partial charge in [-0.2, -0.15) is 0 Å². The summed E-state index contributed by atoms with van der Waals surface area (Å²) in [7, 11) is 1.68. The number of benzene rings is 1. The number of nitrogens with zero attached hydrogens (tertiary/aromatic N) is 2. The van der Waals surface area contributed by atoms with Crippen molar-refractivity contribution in [3.63, 3.8) is 0 Å². The Bertz CT molecular complexity index is 551. The Kier molecular flexibility index (Phi) is 3.93. The number of hydrogen-bond donors (Lipinski definition) is 1. The molecule has 0 unspecified atom stereocenters. The molecule has 0 saturated carbocycles. The topological polar surface area (TPSA) is 61.0 Å². The highest BCUT2D eigenvalue weighted by atomic mass is 32.1. The molecule has 5 heteroatoms. The summed E-state index contributed by atoms with van der Waals surface area (Å²) in [5, 5.41) is 10.2. The molecule has 1 heterocycles. The molecule has 0 aliphatic rings. The quantitative estimate of drug-likeness (QED) is 0.919. The van der Waals surface area contributed by atoms with E-state index in [9.17, 15) is 0 Å². The Balaban J connectivity index is 2.48. The third-order valence-corrected chi connectivity index (χ3v) is 3.69. The van der Waals surface area contributed by atoms with Gasteiger partial charge in [0, 0.05) is 6.42 Å². The van der Waals surface area contributed by atoms with Crippen LogP contribution in [0.15, 0.2) is 12.1 Å². The van der Waals surface area contributed by atoms with Crippen molar-refractivity contribution in [1.29, 1.82) is 0 Å². The van der Waals surface area contributed by atoms with Gasteiger partial charge in [0.05, 0.1) is 12.7 Å². The SMILES string of the molecule is COc1c(C)cc(C)cc1-c1nnc(CCN)s1. The molecule has 0 fully saturated rings. The lowest BCUT2D eigenvalue weighted by Gasteiger charge is -2.10. The van der Waals surface area contributed by atoms with Gasteiger partial charge in [0.1, 0.15) is 10.8 Å². The van der Waals surface area contributed by atoms with Crippen molar-refractivity contribution in [2.75, 3.05) is 13.7 Å². The molecule has 0 aliphatic carbocycles. The van der Waals surface area contributed by atoms with Gasteiger partial charge in [-0.05, 0) is 37.6 Å². The van der Waals surface area contributed by atoms with Gasteiger partial charge in [-0.3, -0.25) is 0 Å². The highest BCUT2D eigenvalue weighted by molar-refractivity contribution is 7.14. The fraction of sp³-hybridized carbons (Fsp3) is 0.385. The normalized spacial score (nSPS) is 10.7. The maximum absolute atomic E-state index is 5.53. The van der Waals surface area contributed by atoms with E-state index in [0.29, 0.717) is 6.54 Å². The molecule has 1 aromatic heterocycles. The molecule has 2 rings (SSSR count). The number of rotatable bonds is 4. The summed E-state index contributed by atoms with van der Waals surface area (Å²) in [4.78, 5) is 0. The van der Waals surface area contributed by atoms with Crippen LogP contribution in [0.1, 0.15) is 16.1 Å². The second kappa shape index (κ2) is 5.46. The summed E-state index contributed by atoms with van der Waals surface area (Å²) in [5.41, 5.74) is 8.84. The van der Waals surface area contributed by atoms with E-state index >= 15 is 0 Å². The number of methoxy groups -OCH3 is 1. The van der Waals surface area contributed by atoms with Crippen molar-refractivity contribution in [1.82, 2.24) is 10.2 Å².